The zero-order valence-corrected chi connectivity index (χ0v) is 27.4. The maximum Gasteiger partial charge on any atom is 0.315 e. The number of rotatable bonds is 11. The van der Waals surface area contributed by atoms with Crippen molar-refractivity contribution in [1.29, 1.82) is 0 Å². The molecule has 4 heterocycles. The van der Waals surface area contributed by atoms with E-state index in [9.17, 15) is 4.79 Å². The number of anilines is 1. The lowest BCUT2D eigenvalue weighted by Gasteiger charge is -2.31. The van der Waals surface area contributed by atoms with Gasteiger partial charge in [-0.2, -0.15) is 5.10 Å². The van der Waals surface area contributed by atoms with E-state index < -0.39 is 0 Å². The van der Waals surface area contributed by atoms with Gasteiger partial charge in [-0.15, -0.1) is 0 Å². The van der Waals surface area contributed by atoms with Gasteiger partial charge in [0.05, 0.1) is 17.3 Å². The summed E-state index contributed by atoms with van der Waals surface area (Å²) in [6.45, 7) is 13.6. The quantitative estimate of drug-likeness (QED) is 0.185. The number of hydrogen-bond donors (Lipinski definition) is 4. The van der Waals surface area contributed by atoms with Crippen molar-refractivity contribution >= 4 is 22.8 Å². The highest BCUT2D eigenvalue weighted by atomic mass is 16.5. The molecule has 6 rings (SSSR count). The van der Waals surface area contributed by atoms with Crippen molar-refractivity contribution in [3.8, 4) is 11.1 Å². The minimum Gasteiger partial charge on any atom is -0.381 e. The fourth-order valence-electron chi connectivity index (χ4n) is 6.64. The van der Waals surface area contributed by atoms with Gasteiger partial charge in [0.1, 0.15) is 0 Å². The van der Waals surface area contributed by atoms with Gasteiger partial charge in [-0.3, -0.25) is 4.90 Å². The fourth-order valence-corrected chi connectivity index (χ4v) is 6.64. The Hall–Kier alpha value is -3.99. The first-order valence-corrected chi connectivity index (χ1v) is 16.9. The van der Waals surface area contributed by atoms with E-state index in [4.69, 9.17) is 9.72 Å². The van der Waals surface area contributed by atoms with E-state index in [-0.39, 0.29) is 6.03 Å². The molecule has 244 valence electrons. The van der Waals surface area contributed by atoms with Crippen LogP contribution in [-0.2, 0) is 37.3 Å². The molecule has 0 radical (unpaired) electrons. The van der Waals surface area contributed by atoms with Crippen LogP contribution in [-0.4, -0.2) is 70.6 Å². The first kappa shape index (κ1) is 32.0. The highest BCUT2D eigenvalue weighted by Crippen LogP contribution is 2.31. The second kappa shape index (κ2) is 15.1. The van der Waals surface area contributed by atoms with Crippen molar-refractivity contribution in [3.05, 3.63) is 77.1 Å². The SMILES string of the molecule is CCc1nc2c(cnn2CC)c(NC2CCOCC2)c1CNC(=O)NCc1cccc(-c2cccc(CN3CCN[C@@H](C)C3)c2)c1. The van der Waals surface area contributed by atoms with Crippen LogP contribution in [0, 0.1) is 0 Å². The molecule has 10 nitrogen and oxygen atoms in total. The minimum absolute atomic E-state index is 0.207. The number of urea groups is 1. The van der Waals surface area contributed by atoms with E-state index in [2.05, 4.69) is 101 Å². The average molecular weight is 625 g/mol. The van der Waals surface area contributed by atoms with Crippen LogP contribution in [0.15, 0.2) is 54.7 Å². The van der Waals surface area contributed by atoms with Gasteiger partial charge in [-0.05, 0) is 67.5 Å². The Labute approximate surface area is 272 Å². The number of benzene rings is 2. The molecule has 10 heteroatoms. The normalized spacial score (nSPS) is 17.7. The lowest BCUT2D eigenvalue weighted by atomic mass is 10.0. The zero-order valence-electron chi connectivity index (χ0n) is 27.4. The van der Waals surface area contributed by atoms with Crippen LogP contribution in [0.2, 0.25) is 0 Å². The Kier molecular flexibility index (Phi) is 10.5. The van der Waals surface area contributed by atoms with Crippen molar-refractivity contribution in [1.82, 2.24) is 35.6 Å². The molecule has 0 bridgehead atoms. The van der Waals surface area contributed by atoms with Gasteiger partial charge in [-0.25, -0.2) is 14.5 Å². The van der Waals surface area contributed by atoms with Gasteiger partial charge in [0, 0.05) is 82.4 Å². The van der Waals surface area contributed by atoms with Gasteiger partial charge in [0.25, 0.3) is 0 Å². The predicted molar refractivity (Wildman–Crippen MR) is 184 cm³/mol. The van der Waals surface area contributed by atoms with E-state index in [1.54, 1.807) is 0 Å². The number of pyridine rings is 1. The Morgan fingerprint density at radius 2 is 1.76 bits per heavy atom. The van der Waals surface area contributed by atoms with Crippen molar-refractivity contribution in [2.24, 2.45) is 0 Å². The molecule has 2 aromatic heterocycles. The summed E-state index contributed by atoms with van der Waals surface area (Å²) < 4.78 is 7.53. The first-order chi connectivity index (χ1) is 22.5. The van der Waals surface area contributed by atoms with Crippen molar-refractivity contribution in [3.63, 3.8) is 0 Å². The molecular formula is C36H48N8O2. The average Bonchev–Trinajstić information content (AvgIpc) is 3.50. The molecule has 4 N–H and O–H groups in total. The second-order valence-corrected chi connectivity index (χ2v) is 12.5. The number of ether oxygens (including phenoxy) is 1. The third-order valence-electron chi connectivity index (χ3n) is 9.10. The van der Waals surface area contributed by atoms with Crippen molar-refractivity contribution in [2.75, 3.05) is 38.2 Å². The van der Waals surface area contributed by atoms with Gasteiger partial charge >= 0.3 is 6.03 Å². The number of carbonyl (C=O) groups is 1. The topological polar surface area (TPSA) is 108 Å². The number of amides is 2. The molecule has 2 saturated heterocycles. The number of nitrogens with one attached hydrogen (secondary N) is 4. The predicted octanol–water partition coefficient (Wildman–Crippen LogP) is 5.06. The molecule has 0 spiro atoms. The van der Waals surface area contributed by atoms with E-state index in [0.717, 1.165) is 104 Å². The Bertz CT molecular complexity index is 1630. The molecule has 0 unspecified atom stereocenters. The number of aryl methyl sites for hydroxylation is 2. The highest BCUT2D eigenvalue weighted by molar-refractivity contribution is 5.92. The summed E-state index contributed by atoms with van der Waals surface area (Å²) in [6.07, 6.45) is 4.54. The van der Waals surface area contributed by atoms with Crippen LogP contribution in [0.4, 0.5) is 10.5 Å². The number of aromatic nitrogens is 3. The lowest BCUT2D eigenvalue weighted by molar-refractivity contribution is 0.0904. The largest absolute Gasteiger partial charge is 0.381 e. The standard InChI is InChI=1S/C36H48N8O2/c1-4-33-31(34(41-30-12-16-46-17-13-30)32-22-40-44(5-2)35(32)42-33)21-39-36(45)38-20-26-8-6-10-28(18-26)29-11-7-9-27(19-29)24-43-15-14-37-25(3)23-43/h6-11,18-19,22,25,30,37H,4-5,12-17,20-21,23-24H2,1-3H3,(H,41,42)(H2,38,39,45)/t25-/m0/s1. The molecule has 4 aromatic rings. The zero-order chi connectivity index (χ0) is 31.9. The van der Waals surface area contributed by atoms with Crippen LogP contribution < -0.4 is 21.3 Å². The monoisotopic (exact) mass is 624 g/mol. The molecule has 2 aliphatic heterocycles. The summed E-state index contributed by atoms with van der Waals surface area (Å²) >= 11 is 0. The smallest absolute Gasteiger partial charge is 0.315 e. The summed E-state index contributed by atoms with van der Waals surface area (Å²) in [4.78, 5) is 20.6. The molecule has 2 aliphatic rings. The minimum atomic E-state index is -0.207. The first-order valence-electron chi connectivity index (χ1n) is 16.9. The van der Waals surface area contributed by atoms with Gasteiger partial charge in [0.15, 0.2) is 5.65 Å². The molecule has 2 aromatic carbocycles. The summed E-state index contributed by atoms with van der Waals surface area (Å²) in [5, 5.41) is 19.1. The Morgan fingerprint density at radius 3 is 2.50 bits per heavy atom. The van der Waals surface area contributed by atoms with E-state index in [0.29, 0.717) is 25.2 Å². The fraction of sp³-hybridized carbons (Fsp3) is 0.472. The van der Waals surface area contributed by atoms with E-state index >= 15 is 0 Å². The third kappa shape index (κ3) is 7.68. The molecule has 2 amide bonds. The molecule has 0 saturated carbocycles. The Morgan fingerprint density at radius 1 is 1.02 bits per heavy atom. The van der Waals surface area contributed by atoms with Crippen LogP contribution >= 0.6 is 0 Å². The van der Waals surface area contributed by atoms with Gasteiger partial charge in [0.2, 0.25) is 0 Å². The van der Waals surface area contributed by atoms with Crippen LogP contribution in [0.1, 0.15) is 56.0 Å². The maximum absolute atomic E-state index is 13.1. The number of piperazine rings is 1. The van der Waals surface area contributed by atoms with Crippen molar-refractivity contribution < 1.29 is 9.53 Å². The van der Waals surface area contributed by atoms with Crippen LogP contribution in [0.3, 0.4) is 0 Å². The van der Waals surface area contributed by atoms with Gasteiger partial charge < -0.3 is 26.0 Å². The molecule has 1 atom stereocenters. The summed E-state index contributed by atoms with van der Waals surface area (Å²) in [5.74, 6) is 0. The Balaban J connectivity index is 1.11. The summed E-state index contributed by atoms with van der Waals surface area (Å²) in [5.41, 5.74) is 8.61. The van der Waals surface area contributed by atoms with Crippen molar-refractivity contribution in [2.45, 2.75) is 78.3 Å². The van der Waals surface area contributed by atoms with E-state index in [1.165, 1.54) is 11.1 Å². The van der Waals surface area contributed by atoms with Crippen LogP contribution in [0.25, 0.3) is 22.2 Å². The maximum atomic E-state index is 13.1. The van der Waals surface area contributed by atoms with Gasteiger partial charge in [-0.1, -0.05) is 43.3 Å². The second-order valence-electron chi connectivity index (χ2n) is 12.5. The number of fused-ring (bicyclic) bond motifs is 1. The van der Waals surface area contributed by atoms with E-state index in [1.807, 2.05) is 10.9 Å². The number of nitrogens with zero attached hydrogens (tertiary/aromatic N) is 4. The molecule has 0 aliphatic carbocycles. The molecule has 2 fully saturated rings. The number of carbonyl (C=O) groups excluding carboxylic acids is 1. The summed E-state index contributed by atoms with van der Waals surface area (Å²) in [7, 11) is 0. The lowest BCUT2D eigenvalue weighted by Crippen LogP contribution is -2.48. The third-order valence-corrected chi connectivity index (χ3v) is 9.10. The van der Waals surface area contributed by atoms with Crippen LogP contribution in [0.5, 0.6) is 0 Å². The molecular weight excluding hydrogens is 576 g/mol. The molecule has 46 heavy (non-hydrogen) atoms. The highest BCUT2D eigenvalue weighted by Gasteiger charge is 2.22. The number of hydrogen-bond acceptors (Lipinski definition) is 7. The summed E-state index contributed by atoms with van der Waals surface area (Å²) in [6, 6.07) is 17.9.